The molecule has 0 radical (unpaired) electrons. The molecule has 1 aliphatic carbocycles. The van der Waals surface area contributed by atoms with Crippen LogP contribution < -0.4 is 10.6 Å². The first kappa shape index (κ1) is 24.4. The zero-order chi connectivity index (χ0) is 25.1. The second-order valence-electron chi connectivity index (χ2n) is 10.0. The Bertz CT molecular complexity index is 1270. The van der Waals surface area contributed by atoms with Gasteiger partial charge in [-0.2, -0.15) is 0 Å². The molecular formula is C29H33FN4O2. The van der Waals surface area contributed by atoms with Gasteiger partial charge in [0.1, 0.15) is 5.82 Å². The molecule has 7 heteroatoms. The number of fused-ring (bicyclic) bond motifs is 1. The van der Waals surface area contributed by atoms with E-state index in [4.69, 9.17) is 4.98 Å². The van der Waals surface area contributed by atoms with Crippen LogP contribution in [-0.2, 0) is 11.3 Å². The van der Waals surface area contributed by atoms with Gasteiger partial charge in [0.15, 0.2) is 0 Å². The molecule has 6 nitrogen and oxygen atoms in total. The molecule has 2 fully saturated rings. The Labute approximate surface area is 211 Å². The van der Waals surface area contributed by atoms with E-state index in [9.17, 15) is 9.59 Å². The van der Waals surface area contributed by atoms with E-state index in [1.807, 2.05) is 29.2 Å². The number of pyridine rings is 1. The fourth-order valence-corrected chi connectivity index (χ4v) is 5.62. The lowest BCUT2D eigenvalue weighted by atomic mass is 9.84. The average molecular weight is 489 g/mol. The molecule has 0 unspecified atom stereocenters. The molecule has 2 amide bonds. The topological polar surface area (TPSA) is 74.3 Å². The number of piperazine rings is 1. The van der Waals surface area contributed by atoms with Crippen LogP contribution in [0.25, 0.3) is 22.2 Å². The Morgan fingerprint density at radius 3 is 2.67 bits per heavy atom. The van der Waals surface area contributed by atoms with Crippen LogP contribution >= 0.6 is 0 Å². The summed E-state index contributed by atoms with van der Waals surface area (Å²) in [7, 11) is 0. The van der Waals surface area contributed by atoms with Gasteiger partial charge in [0.05, 0.1) is 23.3 Å². The maximum Gasteiger partial charge on any atom is 0.252 e. The normalized spacial score (nSPS) is 18.1. The van der Waals surface area contributed by atoms with Crippen molar-refractivity contribution in [3.8, 4) is 11.3 Å². The summed E-state index contributed by atoms with van der Waals surface area (Å²) in [5, 5.41) is 6.86. The van der Waals surface area contributed by atoms with E-state index in [1.54, 1.807) is 18.2 Å². The SMILES string of the molecule is C[C@H](NC(=O)c1c(CN2CCNC(=O)C2)c(-c2ccccc2F)nc2ccccc12)C1CCCCC1. The summed E-state index contributed by atoms with van der Waals surface area (Å²) in [5.74, 6) is -0.156. The van der Waals surface area contributed by atoms with Gasteiger partial charge >= 0.3 is 0 Å². The minimum Gasteiger partial charge on any atom is -0.354 e. The van der Waals surface area contributed by atoms with E-state index in [-0.39, 0.29) is 30.2 Å². The minimum absolute atomic E-state index is 0.0373. The second kappa shape index (κ2) is 10.7. The molecule has 188 valence electrons. The number of nitrogens with one attached hydrogen (secondary N) is 2. The van der Waals surface area contributed by atoms with Gasteiger partial charge in [-0.15, -0.1) is 0 Å². The third-order valence-corrected chi connectivity index (χ3v) is 7.56. The predicted molar refractivity (Wildman–Crippen MR) is 139 cm³/mol. The van der Waals surface area contributed by atoms with Crippen LogP contribution in [0.4, 0.5) is 4.39 Å². The third kappa shape index (κ3) is 5.12. The number of halogens is 1. The van der Waals surface area contributed by atoms with Gasteiger partial charge in [0.25, 0.3) is 5.91 Å². The lowest BCUT2D eigenvalue weighted by Crippen LogP contribution is -2.47. The number of aromatic nitrogens is 1. The van der Waals surface area contributed by atoms with E-state index in [1.165, 1.54) is 25.3 Å². The van der Waals surface area contributed by atoms with Crippen LogP contribution in [0.5, 0.6) is 0 Å². The van der Waals surface area contributed by atoms with E-state index in [0.717, 1.165) is 18.2 Å². The molecule has 1 saturated heterocycles. The van der Waals surface area contributed by atoms with Gasteiger partial charge in [0.2, 0.25) is 5.91 Å². The molecule has 2 N–H and O–H groups in total. The lowest BCUT2D eigenvalue weighted by Gasteiger charge is -2.30. The number of para-hydroxylation sites is 1. The van der Waals surface area contributed by atoms with E-state index < -0.39 is 0 Å². The van der Waals surface area contributed by atoms with Gasteiger partial charge in [-0.25, -0.2) is 9.37 Å². The summed E-state index contributed by atoms with van der Waals surface area (Å²) in [4.78, 5) is 32.9. The second-order valence-corrected chi connectivity index (χ2v) is 10.0. The monoisotopic (exact) mass is 488 g/mol. The molecule has 0 spiro atoms. The molecule has 5 rings (SSSR count). The Balaban J connectivity index is 1.63. The molecule has 1 atom stereocenters. The van der Waals surface area contributed by atoms with Crippen LogP contribution in [0.3, 0.4) is 0 Å². The maximum atomic E-state index is 15.1. The van der Waals surface area contributed by atoms with Gasteiger partial charge < -0.3 is 10.6 Å². The van der Waals surface area contributed by atoms with Crippen molar-refractivity contribution >= 4 is 22.7 Å². The molecule has 1 saturated carbocycles. The molecule has 0 bridgehead atoms. The fraction of sp³-hybridized carbons (Fsp3) is 0.414. The lowest BCUT2D eigenvalue weighted by molar-refractivity contribution is -0.124. The Hall–Kier alpha value is -3.32. The van der Waals surface area contributed by atoms with Crippen molar-refractivity contribution in [1.29, 1.82) is 0 Å². The highest BCUT2D eigenvalue weighted by atomic mass is 19.1. The summed E-state index contributed by atoms with van der Waals surface area (Å²) in [5.41, 5.74) is 2.63. The number of nitrogens with zero attached hydrogens (tertiary/aromatic N) is 2. The van der Waals surface area contributed by atoms with Crippen molar-refractivity contribution in [2.45, 2.75) is 51.6 Å². The minimum atomic E-state index is -0.389. The van der Waals surface area contributed by atoms with E-state index >= 15 is 4.39 Å². The van der Waals surface area contributed by atoms with Crippen molar-refractivity contribution in [2.75, 3.05) is 19.6 Å². The zero-order valence-electron chi connectivity index (χ0n) is 20.7. The molecule has 2 aliphatic rings. The Morgan fingerprint density at radius 2 is 1.89 bits per heavy atom. The van der Waals surface area contributed by atoms with Crippen LogP contribution in [0, 0.1) is 11.7 Å². The molecule has 1 aromatic heterocycles. The number of hydrogen-bond acceptors (Lipinski definition) is 4. The Morgan fingerprint density at radius 1 is 1.14 bits per heavy atom. The summed E-state index contributed by atoms with van der Waals surface area (Å²) < 4.78 is 15.1. The van der Waals surface area contributed by atoms with E-state index in [2.05, 4.69) is 17.6 Å². The number of hydrogen-bond donors (Lipinski definition) is 2. The standard InChI is InChI=1S/C29H33FN4O2/c1-19(20-9-3-2-4-10-20)32-29(36)27-22-12-6-8-14-25(22)33-28(21-11-5-7-13-24(21)30)23(27)17-34-16-15-31-26(35)18-34/h5-8,11-14,19-20H,2-4,9-10,15-18H2,1H3,(H,31,35)(H,32,36)/t19-/m0/s1. The zero-order valence-corrected chi connectivity index (χ0v) is 20.7. The smallest absolute Gasteiger partial charge is 0.252 e. The quantitative estimate of drug-likeness (QED) is 0.529. The average Bonchev–Trinajstić information content (AvgIpc) is 2.89. The molecular weight excluding hydrogens is 455 g/mol. The predicted octanol–water partition coefficient (Wildman–Crippen LogP) is 4.67. The fourth-order valence-electron chi connectivity index (χ4n) is 5.62. The van der Waals surface area contributed by atoms with Crippen molar-refractivity contribution in [3.63, 3.8) is 0 Å². The van der Waals surface area contributed by atoms with Crippen molar-refractivity contribution in [1.82, 2.24) is 20.5 Å². The molecule has 36 heavy (non-hydrogen) atoms. The number of amides is 2. The van der Waals surface area contributed by atoms with Crippen molar-refractivity contribution in [2.24, 2.45) is 5.92 Å². The van der Waals surface area contributed by atoms with Crippen LogP contribution in [0.1, 0.15) is 54.9 Å². The van der Waals surface area contributed by atoms with Gasteiger partial charge in [-0.3, -0.25) is 14.5 Å². The summed E-state index contributed by atoms with van der Waals surface area (Å²) in [6.45, 7) is 3.83. The van der Waals surface area contributed by atoms with Crippen LogP contribution in [-0.4, -0.2) is 47.4 Å². The number of carbonyl (C=O) groups excluding carboxylic acids is 2. The van der Waals surface area contributed by atoms with Crippen LogP contribution in [0.15, 0.2) is 48.5 Å². The number of benzene rings is 2. The van der Waals surface area contributed by atoms with Crippen molar-refractivity contribution in [3.05, 3.63) is 65.5 Å². The summed E-state index contributed by atoms with van der Waals surface area (Å²) >= 11 is 0. The summed E-state index contributed by atoms with van der Waals surface area (Å²) in [6, 6.07) is 14.1. The highest BCUT2D eigenvalue weighted by Gasteiger charge is 2.28. The highest BCUT2D eigenvalue weighted by molar-refractivity contribution is 6.09. The molecule has 1 aliphatic heterocycles. The molecule has 3 aromatic rings. The third-order valence-electron chi connectivity index (χ3n) is 7.56. The Kier molecular flexibility index (Phi) is 7.28. The first-order valence-electron chi connectivity index (χ1n) is 13.0. The molecule has 2 aromatic carbocycles. The van der Waals surface area contributed by atoms with Gasteiger partial charge in [-0.05, 0) is 43.9 Å². The first-order chi connectivity index (χ1) is 17.5. The van der Waals surface area contributed by atoms with Crippen LogP contribution in [0.2, 0.25) is 0 Å². The number of rotatable bonds is 6. The van der Waals surface area contributed by atoms with Crippen molar-refractivity contribution < 1.29 is 14.0 Å². The largest absolute Gasteiger partial charge is 0.354 e. The highest BCUT2D eigenvalue weighted by Crippen LogP contribution is 2.33. The number of carbonyl (C=O) groups is 2. The maximum absolute atomic E-state index is 15.1. The summed E-state index contributed by atoms with van der Waals surface area (Å²) in [6.07, 6.45) is 5.89. The van der Waals surface area contributed by atoms with E-state index in [0.29, 0.717) is 53.5 Å². The first-order valence-corrected chi connectivity index (χ1v) is 13.0. The molecule has 2 heterocycles. The van der Waals surface area contributed by atoms with Gasteiger partial charge in [-0.1, -0.05) is 49.6 Å². The van der Waals surface area contributed by atoms with Gasteiger partial charge in [0, 0.05) is 42.2 Å².